The lowest BCUT2D eigenvalue weighted by molar-refractivity contribution is 0.0501. The van der Waals surface area contributed by atoms with E-state index in [0.717, 1.165) is 0 Å². The van der Waals surface area contributed by atoms with Crippen molar-refractivity contribution in [1.82, 2.24) is 9.78 Å². The molecule has 2 unspecified atom stereocenters. The number of hydrogen-bond acceptors (Lipinski definition) is 4. The summed E-state index contributed by atoms with van der Waals surface area (Å²) in [6, 6.07) is 0. The van der Waals surface area contributed by atoms with Crippen LogP contribution < -0.4 is 0 Å². The molecular formula is C11H19ClN2O3. The number of hydrogen-bond donors (Lipinski definition) is 1. The molecule has 1 rings (SSSR count). The number of ether oxygens (including phenoxy) is 2. The van der Waals surface area contributed by atoms with Gasteiger partial charge >= 0.3 is 0 Å². The number of halogens is 1. The zero-order valence-corrected chi connectivity index (χ0v) is 11.1. The van der Waals surface area contributed by atoms with E-state index in [9.17, 15) is 5.11 Å². The Balaban J connectivity index is 2.83. The van der Waals surface area contributed by atoms with Gasteiger partial charge in [-0.15, -0.1) is 0 Å². The van der Waals surface area contributed by atoms with Gasteiger partial charge in [0.2, 0.25) is 0 Å². The summed E-state index contributed by atoms with van der Waals surface area (Å²) in [5, 5.41) is 14.8. The van der Waals surface area contributed by atoms with Crippen molar-refractivity contribution in [2.24, 2.45) is 5.92 Å². The molecule has 6 heteroatoms. The van der Waals surface area contributed by atoms with Crippen LogP contribution in [0.4, 0.5) is 0 Å². The van der Waals surface area contributed by atoms with E-state index >= 15 is 0 Å². The van der Waals surface area contributed by atoms with E-state index < -0.39 is 6.10 Å². The predicted molar refractivity (Wildman–Crippen MR) is 65.1 cm³/mol. The maximum absolute atomic E-state index is 10.2. The molecule has 1 aromatic rings. The van der Waals surface area contributed by atoms with Crippen LogP contribution in [0.3, 0.4) is 0 Å². The molecule has 0 spiro atoms. The van der Waals surface area contributed by atoms with E-state index in [0.29, 0.717) is 30.5 Å². The van der Waals surface area contributed by atoms with Gasteiger partial charge in [-0.1, -0.05) is 18.5 Å². The second-order valence-electron chi connectivity index (χ2n) is 3.97. The minimum absolute atomic E-state index is 0.0458. The van der Waals surface area contributed by atoms with Crippen LogP contribution in [0.25, 0.3) is 0 Å². The molecule has 0 aliphatic heterocycles. The third kappa shape index (κ3) is 3.67. The van der Waals surface area contributed by atoms with Crippen LogP contribution in [0.2, 0.25) is 5.02 Å². The molecule has 0 aromatic carbocycles. The average Bonchev–Trinajstić information content (AvgIpc) is 2.67. The van der Waals surface area contributed by atoms with E-state index in [1.165, 1.54) is 6.20 Å². The Morgan fingerprint density at radius 1 is 1.47 bits per heavy atom. The molecule has 17 heavy (non-hydrogen) atoms. The summed E-state index contributed by atoms with van der Waals surface area (Å²) in [6.07, 6.45) is 0.844. The Bertz CT molecular complexity index is 343. The van der Waals surface area contributed by atoms with E-state index in [1.54, 1.807) is 18.9 Å². The number of methoxy groups -OCH3 is 2. The van der Waals surface area contributed by atoms with Crippen molar-refractivity contribution < 1.29 is 14.6 Å². The Labute approximate surface area is 106 Å². The van der Waals surface area contributed by atoms with Gasteiger partial charge in [-0.2, -0.15) is 5.10 Å². The zero-order chi connectivity index (χ0) is 12.8. The maximum atomic E-state index is 10.2. The van der Waals surface area contributed by atoms with E-state index in [2.05, 4.69) is 5.10 Å². The standard InChI is InChI=1S/C11H19ClN2O3/c1-8(7-17-3)11(15)10-9(12)6-13-14(10)4-5-16-2/h6,8,11,15H,4-5,7H2,1-3H3. The van der Waals surface area contributed by atoms with Gasteiger partial charge in [0.1, 0.15) is 6.10 Å². The van der Waals surface area contributed by atoms with Crippen molar-refractivity contribution in [3.05, 3.63) is 16.9 Å². The molecule has 2 atom stereocenters. The molecule has 0 aliphatic rings. The second kappa shape index (κ2) is 6.96. The minimum atomic E-state index is -0.693. The quantitative estimate of drug-likeness (QED) is 0.809. The highest BCUT2D eigenvalue weighted by Gasteiger charge is 2.23. The second-order valence-corrected chi connectivity index (χ2v) is 4.38. The van der Waals surface area contributed by atoms with Gasteiger partial charge in [-0.3, -0.25) is 4.68 Å². The van der Waals surface area contributed by atoms with Gasteiger partial charge < -0.3 is 14.6 Å². The molecule has 0 radical (unpaired) electrons. The van der Waals surface area contributed by atoms with Crippen molar-refractivity contribution in [3.63, 3.8) is 0 Å². The van der Waals surface area contributed by atoms with Gasteiger partial charge in [0.25, 0.3) is 0 Å². The molecule has 0 fully saturated rings. The topological polar surface area (TPSA) is 56.5 Å². The fourth-order valence-electron chi connectivity index (χ4n) is 1.65. The first-order chi connectivity index (χ1) is 8.11. The number of nitrogens with zero attached hydrogens (tertiary/aromatic N) is 2. The minimum Gasteiger partial charge on any atom is -0.386 e. The first-order valence-electron chi connectivity index (χ1n) is 5.49. The van der Waals surface area contributed by atoms with Crippen molar-refractivity contribution in [2.45, 2.75) is 19.6 Å². The summed E-state index contributed by atoms with van der Waals surface area (Å²) in [7, 11) is 3.22. The largest absolute Gasteiger partial charge is 0.386 e. The Hall–Kier alpha value is -0.620. The van der Waals surface area contributed by atoms with Crippen LogP contribution in [-0.2, 0) is 16.0 Å². The summed E-state index contributed by atoms with van der Waals surface area (Å²) in [5.74, 6) is -0.0458. The lowest BCUT2D eigenvalue weighted by Crippen LogP contribution is -2.20. The van der Waals surface area contributed by atoms with Gasteiger partial charge in [0.15, 0.2) is 0 Å². The SMILES string of the molecule is COCCn1ncc(Cl)c1C(O)C(C)COC. The predicted octanol–water partition coefficient (Wildman–Crippen LogP) is 1.50. The van der Waals surface area contributed by atoms with Gasteiger partial charge in [-0.05, 0) is 0 Å². The van der Waals surface area contributed by atoms with Gasteiger partial charge in [0, 0.05) is 20.1 Å². The highest BCUT2D eigenvalue weighted by atomic mass is 35.5. The first kappa shape index (κ1) is 14.4. The van der Waals surface area contributed by atoms with E-state index in [-0.39, 0.29) is 5.92 Å². The fourth-order valence-corrected chi connectivity index (χ4v) is 1.90. The number of aromatic nitrogens is 2. The fraction of sp³-hybridized carbons (Fsp3) is 0.727. The van der Waals surface area contributed by atoms with Crippen LogP contribution in [0.15, 0.2) is 6.20 Å². The molecule has 0 amide bonds. The van der Waals surface area contributed by atoms with Crippen LogP contribution in [-0.4, -0.2) is 42.3 Å². The Morgan fingerprint density at radius 2 is 2.18 bits per heavy atom. The van der Waals surface area contributed by atoms with Gasteiger partial charge in [0.05, 0.1) is 36.7 Å². The molecule has 0 bridgehead atoms. The summed E-state index contributed by atoms with van der Waals surface area (Å²) >= 11 is 6.04. The lowest BCUT2D eigenvalue weighted by Gasteiger charge is -2.19. The average molecular weight is 263 g/mol. The third-order valence-electron chi connectivity index (χ3n) is 2.59. The zero-order valence-electron chi connectivity index (χ0n) is 10.4. The van der Waals surface area contributed by atoms with Crippen LogP contribution in [0, 0.1) is 5.92 Å². The van der Waals surface area contributed by atoms with Crippen LogP contribution >= 0.6 is 11.6 Å². The lowest BCUT2D eigenvalue weighted by atomic mass is 10.0. The van der Waals surface area contributed by atoms with Crippen molar-refractivity contribution in [1.29, 1.82) is 0 Å². The molecule has 1 aromatic heterocycles. The summed E-state index contributed by atoms with van der Waals surface area (Å²) in [6.45, 7) is 3.46. The summed E-state index contributed by atoms with van der Waals surface area (Å²) < 4.78 is 11.7. The van der Waals surface area contributed by atoms with E-state index in [1.807, 2.05) is 6.92 Å². The summed E-state index contributed by atoms with van der Waals surface area (Å²) in [4.78, 5) is 0. The van der Waals surface area contributed by atoms with E-state index in [4.69, 9.17) is 21.1 Å². The normalized spacial score (nSPS) is 14.9. The van der Waals surface area contributed by atoms with Crippen molar-refractivity contribution in [3.8, 4) is 0 Å². The molecule has 5 nitrogen and oxygen atoms in total. The summed E-state index contributed by atoms with van der Waals surface area (Å²) in [5.41, 5.74) is 0.619. The maximum Gasteiger partial charge on any atom is 0.102 e. The first-order valence-corrected chi connectivity index (χ1v) is 5.86. The highest BCUT2D eigenvalue weighted by molar-refractivity contribution is 6.31. The van der Waals surface area contributed by atoms with Crippen LogP contribution in [0.1, 0.15) is 18.7 Å². The Kier molecular flexibility index (Phi) is 5.91. The molecule has 0 aliphatic carbocycles. The molecular weight excluding hydrogens is 244 g/mol. The molecule has 98 valence electrons. The smallest absolute Gasteiger partial charge is 0.102 e. The van der Waals surface area contributed by atoms with Crippen molar-refractivity contribution >= 4 is 11.6 Å². The monoisotopic (exact) mass is 262 g/mol. The molecule has 0 saturated carbocycles. The number of aliphatic hydroxyl groups is 1. The van der Waals surface area contributed by atoms with Crippen molar-refractivity contribution in [2.75, 3.05) is 27.4 Å². The molecule has 1 heterocycles. The van der Waals surface area contributed by atoms with Gasteiger partial charge in [-0.25, -0.2) is 0 Å². The number of rotatable bonds is 7. The number of aliphatic hydroxyl groups excluding tert-OH is 1. The Morgan fingerprint density at radius 3 is 2.76 bits per heavy atom. The molecule has 0 saturated heterocycles. The molecule has 1 N–H and O–H groups in total. The highest BCUT2D eigenvalue weighted by Crippen LogP contribution is 2.28. The van der Waals surface area contributed by atoms with Crippen LogP contribution in [0.5, 0.6) is 0 Å². The third-order valence-corrected chi connectivity index (χ3v) is 2.88.